The Labute approximate surface area is 139 Å². The molecule has 0 aromatic carbocycles. The van der Waals surface area contributed by atoms with Crippen LogP contribution in [0, 0.1) is 5.82 Å². The Kier molecular flexibility index (Phi) is 6.14. The number of nitrogens with two attached hydrogens (primary N) is 1. The molecule has 7 nitrogen and oxygen atoms in total. The van der Waals surface area contributed by atoms with Crippen LogP contribution < -0.4 is 11.1 Å². The maximum absolute atomic E-state index is 13.9. The summed E-state index contributed by atoms with van der Waals surface area (Å²) in [5, 5.41) is 18.7. The first-order chi connectivity index (χ1) is 11.6. The summed E-state index contributed by atoms with van der Waals surface area (Å²) < 4.78 is 13.9. The van der Waals surface area contributed by atoms with Gasteiger partial charge in [0, 0.05) is 24.4 Å². The fourth-order valence-corrected chi connectivity index (χ4v) is 2.53. The molecule has 2 heterocycles. The Morgan fingerprint density at radius 2 is 2.04 bits per heavy atom. The lowest BCUT2D eigenvalue weighted by atomic mass is 9.66. The van der Waals surface area contributed by atoms with Gasteiger partial charge < -0.3 is 16.2 Å². The SMILES string of the molecule is Fc1cccnc1C1(CNc2cccnn2)CCC1.NC(=O)CO. The van der Waals surface area contributed by atoms with Gasteiger partial charge in [0.05, 0.1) is 5.69 Å². The number of nitrogens with zero attached hydrogens (tertiary/aromatic N) is 3. The number of nitrogens with one attached hydrogen (secondary N) is 1. The zero-order valence-electron chi connectivity index (χ0n) is 13.2. The number of halogens is 1. The zero-order valence-corrected chi connectivity index (χ0v) is 13.2. The van der Waals surface area contributed by atoms with Crippen LogP contribution in [0.25, 0.3) is 0 Å². The van der Waals surface area contributed by atoms with Crippen molar-refractivity contribution in [3.8, 4) is 0 Å². The van der Waals surface area contributed by atoms with E-state index >= 15 is 0 Å². The molecule has 3 rings (SSSR count). The molecule has 1 aliphatic rings. The second-order valence-corrected chi connectivity index (χ2v) is 5.55. The van der Waals surface area contributed by atoms with Crippen LogP contribution in [-0.2, 0) is 10.2 Å². The van der Waals surface area contributed by atoms with Crippen molar-refractivity contribution < 1.29 is 14.3 Å². The minimum Gasteiger partial charge on any atom is -0.387 e. The lowest BCUT2D eigenvalue weighted by Gasteiger charge is -2.41. The van der Waals surface area contributed by atoms with Gasteiger partial charge in [0.15, 0.2) is 0 Å². The van der Waals surface area contributed by atoms with Gasteiger partial charge in [0.2, 0.25) is 5.91 Å². The van der Waals surface area contributed by atoms with Gasteiger partial charge in [-0.05, 0) is 37.1 Å². The van der Waals surface area contributed by atoms with Gasteiger partial charge >= 0.3 is 0 Å². The lowest BCUT2D eigenvalue weighted by molar-refractivity contribution is -0.120. The van der Waals surface area contributed by atoms with Gasteiger partial charge in [-0.1, -0.05) is 6.42 Å². The largest absolute Gasteiger partial charge is 0.387 e. The Bertz CT molecular complexity index is 665. The number of carbonyl (C=O) groups excluding carboxylic acids is 1. The third-order valence-electron chi connectivity index (χ3n) is 3.91. The maximum Gasteiger partial charge on any atom is 0.243 e. The predicted octanol–water partition coefficient (Wildman–Crippen LogP) is 1.01. The summed E-state index contributed by atoms with van der Waals surface area (Å²) in [5.41, 5.74) is 4.76. The number of hydrogen-bond donors (Lipinski definition) is 3. The van der Waals surface area contributed by atoms with Crippen molar-refractivity contribution >= 4 is 11.7 Å². The molecule has 4 N–H and O–H groups in total. The molecule has 0 radical (unpaired) electrons. The highest BCUT2D eigenvalue weighted by Crippen LogP contribution is 2.43. The van der Waals surface area contributed by atoms with Gasteiger partial charge in [0.25, 0.3) is 0 Å². The average Bonchev–Trinajstić information content (AvgIpc) is 2.57. The predicted molar refractivity (Wildman–Crippen MR) is 86.5 cm³/mol. The number of primary amides is 1. The molecule has 0 spiro atoms. The number of carbonyl (C=O) groups is 1. The van der Waals surface area contributed by atoms with Gasteiger partial charge in [-0.25, -0.2) is 4.39 Å². The van der Waals surface area contributed by atoms with Gasteiger partial charge in [-0.2, -0.15) is 5.10 Å². The van der Waals surface area contributed by atoms with E-state index in [1.807, 2.05) is 12.1 Å². The minimum atomic E-state index is -0.690. The van der Waals surface area contributed by atoms with Gasteiger partial charge in [-0.15, -0.1) is 5.10 Å². The Morgan fingerprint density at radius 3 is 2.54 bits per heavy atom. The van der Waals surface area contributed by atoms with E-state index in [0.29, 0.717) is 18.1 Å². The normalized spacial score (nSPS) is 14.8. The van der Waals surface area contributed by atoms with E-state index in [-0.39, 0.29) is 11.2 Å². The first-order valence-corrected chi connectivity index (χ1v) is 7.59. The number of aromatic nitrogens is 3. The molecule has 0 atom stereocenters. The number of aliphatic hydroxyl groups is 1. The summed E-state index contributed by atoms with van der Waals surface area (Å²) in [4.78, 5) is 13.6. The van der Waals surface area contributed by atoms with Crippen LogP contribution in [0.2, 0.25) is 0 Å². The fraction of sp³-hybridized carbons (Fsp3) is 0.375. The summed E-state index contributed by atoms with van der Waals surface area (Å²) in [7, 11) is 0. The van der Waals surface area contributed by atoms with E-state index in [4.69, 9.17) is 5.11 Å². The van der Waals surface area contributed by atoms with Crippen LogP contribution in [0.15, 0.2) is 36.7 Å². The molecule has 1 fully saturated rings. The van der Waals surface area contributed by atoms with Gasteiger partial charge in [-0.3, -0.25) is 9.78 Å². The maximum atomic E-state index is 13.9. The van der Waals surface area contributed by atoms with E-state index in [1.54, 1.807) is 18.5 Å². The van der Waals surface area contributed by atoms with E-state index in [9.17, 15) is 9.18 Å². The highest BCUT2D eigenvalue weighted by molar-refractivity contribution is 5.74. The molecule has 0 aliphatic heterocycles. The van der Waals surface area contributed by atoms with Crippen LogP contribution in [0.1, 0.15) is 25.0 Å². The molecule has 8 heteroatoms. The third kappa shape index (κ3) is 4.45. The summed E-state index contributed by atoms with van der Waals surface area (Å²) in [6.07, 6.45) is 6.30. The molecule has 0 bridgehead atoms. The number of aliphatic hydroxyl groups excluding tert-OH is 1. The summed E-state index contributed by atoms with van der Waals surface area (Å²) in [6.45, 7) is 0.0830. The van der Waals surface area contributed by atoms with Gasteiger partial charge in [0.1, 0.15) is 18.2 Å². The number of amides is 1. The number of anilines is 1. The van der Waals surface area contributed by atoms with Crippen LogP contribution in [0.3, 0.4) is 0 Å². The first kappa shape index (κ1) is 17.7. The quantitative estimate of drug-likeness (QED) is 0.752. The van der Waals surface area contributed by atoms with Crippen molar-refractivity contribution in [2.75, 3.05) is 18.5 Å². The number of pyridine rings is 1. The Morgan fingerprint density at radius 1 is 1.33 bits per heavy atom. The molecule has 24 heavy (non-hydrogen) atoms. The highest BCUT2D eigenvalue weighted by Gasteiger charge is 2.41. The van der Waals surface area contributed by atoms with Crippen LogP contribution in [-0.4, -0.2) is 39.3 Å². The summed E-state index contributed by atoms with van der Waals surface area (Å²) >= 11 is 0. The van der Waals surface area contributed by atoms with E-state index in [1.165, 1.54) is 6.07 Å². The molecular formula is C16H20FN5O2. The topological polar surface area (TPSA) is 114 Å². The monoisotopic (exact) mass is 333 g/mol. The second kappa shape index (κ2) is 8.30. The van der Waals surface area contributed by atoms with Crippen LogP contribution in [0.5, 0.6) is 0 Å². The molecule has 0 saturated heterocycles. The fourth-order valence-electron chi connectivity index (χ4n) is 2.53. The van der Waals surface area contributed by atoms with E-state index in [0.717, 1.165) is 19.3 Å². The Hall–Kier alpha value is -2.61. The van der Waals surface area contributed by atoms with Crippen molar-refractivity contribution in [1.29, 1.82) is 0 Å². The molecule has 128 valence electrons. The zero-order chi connectivity index (χ0) is 17.4. The minimum absolute atomic E-state index is 0.205. The third-order valence-corrected chi connectivity index (χ3v) is 3.91. The van der Waals surface area contributed by atoms with Crippen molar-refractivity contribution in [3.63, 3.8) is 0 Å². The molecule has 0 unspecified atom stereocenters. The van der Waals surface area contributed by atoms with Crippen LogP contribution >= 0.6 is 0 Å². The average molecular weight is 333 g/mol. The smallest absolute Gasteiger partial charge is 0.243 e. The van der Waals surface area contributed by atoms with Crippen molar-refractivity contribution in [3.05, 3.63) is 48.2 Å². The Balaban J connectivity index is 0.000000368. The number of rotatable bonds is 5. The van der Waals surface area contributed by atoms with Crippen molar-refractivity contribution in [1.82, 2.24) is 15.2 Å². The van der Waals surface area contributed by atoms with Crippen molar-refractivity contribution in [2.45, 2.75) is 24.7 Å². The summed E-state index contributed by atoms with van der Waals surface area (Å²) in [6, 6.07) is 6.78. The van der Waals surface area contributed by atoms with E-state index < -0.39 is 12.5 Å². The van der Waals surface area contributed by atoms with E-state index in [2.05, 4.69) is 26.2 Å². The van der Waals surface area contributed by atoms with Crippen LogP contribution in [0.4, 0.5) is 10.2 Å². The summed E-state index contributed by atoms with van der Waals surface area (Å²) in [5.74, 6) is -0.196. The first-order valence-electron chi connectivity index (χ1n) is 7.59. The molecule has 1 saturated carbocycles. The lowest BCUT2D eigenvalue weighted by Crippen LogP contribution is -2.42. The standard InChI is InChI=1S/C14H15FN4.C2H5NO2/c15-11-4-1-8-16-13(11)14(6-3-7-14)10-17-12-5-2-9-18-19-12;3-2(5)1-4/h1-2,4-5,8-9H,3,6-7,10H2,(H,17,19);4H,1H2,(H2,3,5). The second-order valence-electron chi connectivity index (χ2n) is 5.55. The highest BCUT2D eigenvalue weighted by atomic mass is 19.1. The molecule has 1 aliphatic carbocycles. The van der Waals surface area contributed by atoms with Crippen molar-refractivity contribution in [2.24, 2.45) is 5.73 Å². The number of hydrogen-bond acceptors (Lipinski definition) is 6. The molecular weight excluding hydrogens is 313 g/mol. The molecule has 2 aromatic rings. The molecule has 1 amide bonds. The molecule has 2 aromatic heterocycles.